The lowest BCUT2D eigenvalue weighted by Gasteiger charge is -2.15. The molecule has 0 amide bonds. The third kappa shape index (κ3) is 6.05. The minimum atomic E-state index is -0.835. The molecule has 0 heterocycles. The summed E-state index contributed by atoms with van der Waals surface area (Å²) in [6, 6.07) is 5.96. The van der Waals surface area contributed by atoms with Crippen LogP contribution < -0.4 is 10.1 Å². The van der Waals surface area contributed by atoms with Crippen LogP contribution in [0.4, 0.5) is 0 Å². The SMILES string of the molecule is Cc1ccc(OCC(O)CO)c(CNCC(C)C)c1. The molecule has 0 aromatic heterocycles. The maximum Gasteiger partial charge on any atom is 0.123 e. The van der Waals surface area contributed by atoms with Gasteiger partial charge < -0.3 is 20.3 Å². The van der Waals surface area contributed by atoms with E-state index in [0.717, 1.165) is 24.4 Å². The van der Waals surface area contributed by atoms with E-state index in [1.165, 1.54) is 5.56 Å². The average molecular weight is 267 g/mol. The second kappa shape index (κ2) is 8.15. The maximum absolute atomic E-state index is 9.32. The van der Waals surface area contributed by atoms with Gasteiger partial charge in [0.05, 0.1) is 6.61 Å². The monoisotopic (exact) mass is 267 g/mol. The first kappa shape index (κ1) is 16.0. The van der Waals surface area contributed by atoms with E-state index in [4.69, 9.17) is 9.84 Å². The zero-order valence-electron chi connectivity index (χ0n) is 12.0. The van der Waals surface area contributed by atoms with E-state index in [1.54, 1.807) is 0 Å². The zero-order chi connectivity index (χ0) is 14.3. The van der Waals surface area contributed by atoms with Crippen LogP contribution in [0.25, 0.3) is 0 Å². The van der Waals surface area contributed by atoms with Gasteiger partial charge >= 0.3 is 0 Å². The second-order valence-electron chi connectivity index (χ2n) is 5.28. The molecule has 0 fully saturated rings. The minimum absolute atomic E-state index is 0.108. The van der Waals surface area contributed by atoms with Gasteiger partial charge in [-0.15, -0.1) is 0 Å². The van der Waals surface area contributed by atoms with Crippen LogP contribution in [0, 0.1) is 12.8 Å². The van der Waals surface area contributed by atoms with Gasteiger partial charge in [0.1, 0.15) is 18.5 Å². The van der Waals surface area contributed by atoms with E-state index in [-0.39, 0.29) is 13.2 Å². The van der Waals surface area contributed by atoms with Crippen LogP contribution >= 0.6 is 0 Å². The normalized spacial score (nSPS) is 12.7. The molecule has 1 rings (SSSR count). The Hall–Kier alpha value is -1.10. The summed E-state index contributed by atoms with van der Waals surface area (Å²) in [5.41, 5.74) is 2.25. The van der Waals surface area contributed by atoms with Crippen molar-refractivity contribution in [2.24, 2.45) is 5.92 Å². The van der Waals surface area contributed by atoms with Crippen molar-refractivity contribution < 1.29 is 14.9 Å². The molecule has 108 valence electrons. The lowest BCUT2D eigenvalue weighted by Crippen LogP contribution is -2.23. The van der Waals surface area contributed by atoms with Gasteiger partial charge in [-0.1, -0.05) is 31.5 Å². The zero-order valence-corrected chi connectivity index (χ0v) is 12.0. The predicted octanol–water partition coefficient (Wildman–Crippen LogP) is 1.47. The molecule has 0 bridgehead atoms. The Kier molecular flexibility index (Phi) is 6.84. The molecule has 0 aliphatic heterocycles. The highest BCUT2D eigenvalue weighted by atomic mass is 16.5. The smallest absolute Gasteiger partial charge is 0.123 e. The van der Waals surface area contributed by atoms with Gasteiger partial charge in [-0.2, -0.15) is 0 Å². The molecule has 0 spiro atoms. The van der Waals surface area contributed by atoms with E-state index < -0.39 is 6.10 Å². The molecular formula is C15H25NO3. The number of aryl methyl sites for hydroxylation is 1. The van der Waals surface area contributed by atoms with Crippen molar-refractivity contribution >= 4 is 0 Å². The molecule has 0 aliphatic rings. The number of nitrogens with one attached hydrogen (secondary N) is 1. The Morgan fingerprint density at radius 2 is 2.05 bits per heavy atom. The largest absolute Gasteiger partial charge is 0.490 e. The molecule has 0 saturated carbocycles. The van der Waals surface area contributed by atoms with Crippen molar-refractivity contribution in [3.8, 4) is 5.75 Å². The molecule has 4 heteroatoms. The van der Waals surface area contributed by atoms with Gasteiger partial charge in [-0.05, 0) is 25.5 Å². The van der Waals surface area contributed by atoms with Crippen molar-refractivity contribution in [3.63, 3.8) is 0 Å². The molecule has 1 atom stereocenters. The molecule has 1 unspecified atom stereocenters. The molecule has 4 nitrogen and oxygen atoms in total. The fourth-order valence-corrected chi connectivity index (χ4v) is 1.72. The Morgan fingerprint density at radius 3 is 2.68 bits per heavy atom. The fraction of sp³-hybridized carbons (Fsp3) is 0.600. The van der Waals surface area contributed by atoms with Crippen molar-refractivity contribution in [1.82, 2.24) is 5.32 Å². The summed E-state index contributed by atoms with van der Waals surface area (Å²) in [6.07, 6.45) is -0.835. The van der Waals surface area contributed by atoms with E-state index in [1.807, 2.05) is 19.1 Å². The highest BCUT2D eigenvalue weighted by Gasteiger charge is 2.08. The first-order valence-corrected chi connectivity index (χ1v) is 6.75. The average Bonchev–Trinajstić information content (AvgIpc) is 2.37. The van der Waals surface area contributed by atoms with Crippen LogP contribution in [0.15, 0.2) is 18.2 Å². The second-order valence-corrected chi connectivity index (χ2v) is 5.28. The first-order valence-electron chi connectivity index (χ1n) is 6.75. The Labute approximate surface area is 115 Å². The number of aliphatic hydroxyl groups is 2. The summed E-state index contributed by atoms with van der Waals surface area (Å²) >= 11 is 0. The maximum atomic E-state index is 9.32. The molecule has 3 N–H and O–H groups in total. The van der Waals surface area contributed by atoms with Crippen LogP contribution in [0.5, 0.6) is 5.75 Å². The van der Waals surface area contributed by atoms with E-state index in [2.05, 4.69) is 25.2 Å². The van der Waals surface area contributed by atoms with Crippen molar-refractivity contribution in [2.75, 3.05) is 19.8 Å². The summed E-state index contributed by atoms with van der Waals surface area (Å²) in [4.78, 5) is 0. The molecule has 1 aromatic rings. The quantitative estimate of drug-likeness (QED) is 0.667. The number of hydrogen-bond acceptors (Lipinski definition) is 4. The van der Waals surface area contributed by atoms with E-state index in [0.29, 0.717) is 5.92 Å². The van der Waals surface area contributed by atoms with Crippen molar-refractivity contribution in [1.29, 1.82) is 0 Å². The van der Waals surface area contributed by atoms with Crippen LogP contribution in [-0.2, 0) is 6.54 Å². The van der Waals surface area contributed by atoms with E-state index >= 15 is 0 Å². The summed E-state index contributed by atoms with van der Waals surface area (Å²) in [7, 11) is 0. The molecule has 0 radical (unpaired) electrons. The summed E-state index contributed by atoms with van der Waals surface area (Å²) in [5.74, 6) is 1.36. The van der Waals surface area contributed by atoms with Crippen molar-refractivity contribution in [3.05, 3.63) is 29.3 Å². The predicted molar refractivity (Wildman–Crippen MR) is 76.3 cm³/mol. The summed E-state index contributed by atoms with van der Waals surface area (Å²) < 4.78 is 5.55. The number of hydrogen-bond donors (Lipinski definition) is 3. The number of ether oxygens (including phenoxy) is 1. The van der Waals surface area contributed by atoms with Crippen LogP contribution in [0.3, 0.4) is 0 Å². The lowest BCUT2D eigenvalue weighted by atomic mass is 10.1. The standard InChI is InChI=1S/C15H25NO3/c1-11(2)7-16-8-13-6-12(3)4-5-15(13)19-10-14(18)9-17/h4-6,11,14,16-18H,7-10H2,1-3H3. The Morgan fingerprint density at radius 1 is 1.32 bits per heavy atom. The van der Waals surface area contributed by atoms with Crippen molar-refractivity contribution in [2.45, 2.75) is 33.4 Å². The van der Waals surface area contributed by atoms with Crippen LogP contribution in [0.1, 0.15) is 25.0 Å². The van der Waals surface area contributed by atoms with E-state index in [9.17, 15) is 5.11 Å². The van der Waals surface area contributed by atoms with Crippen LogP contribution in [-0.4, -0.2) is 36.1 Å². The highest BCUT2D eigenvalue weighted by Crippen LogP contribution is 2.20. The van der Waals surface area contributed by atoms with Gasteiger partial charge in [-0.3, -0.25) is 0 Å². The lowest BCUT2D eigenvalue weighted by molar-refractivity contribution is 0.0532. The van der Waals surface area contributed by atoms with Gasteiger partial charge in [-0.25, -0.2) is 0 Å². The molecule has 1 aromatic carbocycles. The number of benzene rings is 1. The summed E-state index contributed by atoms with van der Waals surface area (Å²) in [6.45, 7) is 7.88. The first-order chi connectivity index (χ1) is 9.02. The third-order valence-electron chi connectivity index (χ3n) is 2.73. The molecular weight excluding hydrogens is 242 g/mol. The van der Waals surface area contributed by atoms with Gasteiger partial charge in [0.2, 0.25) is 0 Å². The highest BCUT2D eigenvalue weighted by molar-refractivity contribution is 5.36. The molecule has 0 aliphatic carbocycles. The molecule has 0 saturated heterocycles. The third-order valence-corrected chi connectivity index (χ3v) is 2.73. The van der Waals surface area contributed by atoms with Gasteiger partial charge in [0, 0.05) is 12.1 Å². The Bertz CT molecular complexity index is 380. The van der Waals surface area contributed by atoms with Gasteiger partial charge in [0.25, 0.3) is 0 Å². The summed E-state index contributed by atoms with van der Waals surface area (Å²) in [5, 5.41) is 21.5. The number of aliphatic hydroxyl groups excluding tert-OH is 2. The number of rotatable bonds is 8. The fourth-order valence-electron chi connectivity index (χ4n) is 1.72. The van der Waals surface area contributed by atoms with Crippen LogP contribution in [0.2, 0.25) is 0 Å². The topological polar surface area (TPSA) is 61.7 Å². The Balaban J connectivity index is 2.63. The molecule has 19 heavy (non-hydrogen) atoms. The minimum Gasteiger partial charge on any atom is -0.490 e. The van der Waals surface area contributed by atoms with Gasteiger partial charge in [0.15, 0.2) is 0 Å².